The summed E-state index contributed by atoms with van der Waals surface area (Å²) in [6, 6.07) is 3.46. The highest BCUT2D eigenvalue weighted by Gasteiger charge is 2.22. The molecule has 1 aromatic carbocycles. The van der Waals surface area contributed by atoms with Crippen molar-refractivity contribution >= 4 is 61.0 Å². The van der Waals surface area contributed by atoms with E-state index in [9.17, 15) is 9.59 Å². The second-order valence-corrected chi connectivity index (χ2v) is 7.23. The van der Waals surface area contributed by atoms with Gasteiger partial charge in [0.1, 0.15) is 10.1 Å². The number of benzene rings is 1. The molecule has 1 aromatic rings. The van der Waals surface area contributed by atoms with E-state index in [1.165, 1.54) is 18.7 Å². The van der Waals surface area contributed by atoms with Gasteiger partial charge < -0.3 is 9.47 Å². The van der Waals surface area contributed by atoms with Crippen molar-refractivity contribution in [1.82, 2.24) is 0 Å². The molecule has 0 atom stereocenters. The third-order valence-electron chi connectivity index (χ3n) is 2.66. The monoisotopic (exact) mass is 415 g/mol. The molecule has 0 aliphatic carbocycles. The molecule has 1 aliphatic heterocycles. The first-order chi connectivity index (χ1) is 10.9. The Morgan fingerprint density at radius 3 is 2.78 bits per heavy atom. The molecule has 1 aliphatic rings. The molecule has 0 aromatic heterocycles. The van der Waals surface area contributed by atoms with Gasteiger partial charge in [-0.05, 0) is 64.6 Å². The van der Waals surface area contributed by atoms with Crippen LogP contribution >= 0.6 is 39.5 Å². The fraction of sp³-hybridized carbons (Fsp3) is 0.267. The average molecular weight is 416 g/mol. The number of nitrogens with zero attached hydrogens (tertiary/aromatic N) is 1. The SMILES string of the molecule is CCOc1cc(/C=C2/N=C(SC)SC2=O)cc(Br)c1OC(C)=O. The van der Waals surface area contributed by atoms with Crippen molar-refractivity contribution in [3.05, 3.63) is 27.9 Å². The fourth-order valence-corrected chi connectivity index (χ4v) is 3.61. The van der Waals surface area contributed by atoms with E-state index in [2.05, 4.69) is 20.9 Å². The van der Waals surface area contributed by atoms with Crippen molar-refractivity contribution in [2.24, 2.45) is 4.99 Å². The number of ether oxygens (including phenoxy) is 2. The van der Waals surface area contributed by atoms with Gasteiger partial charge in [0.05, 0.1) is 11.1 Å². The smallest absolute Gasteiger partial charge is 0.308 e. The van der Waals surface area contributed by atoms with Crippen molar-refractivity contribution in [2.45, 2.75) is 13.8 Å². The Labute approximate surface area is 151 Å². The molecule has 2 rings (SSSR count). The van der Waals surface area contributed by atoms with Crippen LogP contribution in [0.5, 0.6) is 11.5 Å². The maximum atomic E-state index is 11.9. The third kappa shape index (κ3) is 4.62. The van der Waals surface area contributed by atoms with Crippen LogP contribution in [0.1, 0.15) is 19.4 Å². The van der Waals surface area contributed by atoms with Crippen molar-refractivity contribution in [1.29, 1.82) is 0 Å². The van der Waals surface area contributed by atoms with E-state index in [1.54, 1.807) is 18.2 Å². The quantitative estimate of drug-likeness (QED) is 0.418. The standard InChI is InChI=1S/C15H14BrNO4S2/c1-4-20-12-7-9(5-10(16)13(12)21-8(2)18)6-11-14(19)23-15(17-11)22-3/h5-7H,4H2,1-3H3/b11-6+. The molecule has 0 saturated heterocycles. The largest absolute Gasteiger partial charge is 0.490 e. The summed E-state index contributed by atoms with van der Waals surface area (Å²) in [6.07, 6.45) is 3.56. The van der Waals surface area contributed by atoms with Crippen LogP contribution in [0.3, 0.4) is 0 Å². The lowest BCUT2D eigenvalue weighted by atomic mass is 10.1. The Kier molecular flexibility index (Phi) is 6.32. The van der Waals surface area contributed by atoms with Crippen LogP contribution < -0.4 is 9.47 Å². The summed E-state index contributed by atoms with van der Waals surface area (Å²) in [7, 11) is 0. The minimum atomic E-state index is -0.436. The van der Waals surface area contributed by atoms with Crippen molar-refractivity contribution in [3.63, 3.8) is 0 Å². The van der Waals surface area contributed by atoms with E-state index in [1.807, 2.05) is 13.2 Å². The topological polar surface area (TPSA) is 65.0 Å². The lowest BCUT2D eigenvalue weighted by Gasteiger charge is -2.12. The Morgan fingerprint density at radius 2 is 2.22 bits per heavy atom. The average Bonchev–Trinajstić information content (AvgIpc) is 2.83. The molecule has 23 heavy (non-hydrogen) atoms. The first-order valence-corrected chi connectivity index (χ1v) is 9.49. The highest BCUT2D eigenvalue weighted by molar-refractivity contribution is 9.10. The van der Waals surface area contributed by atoms with Gasteiger partial charge in [-0.25, -0.2) is 4.99 Å². The van der Waals surface area contributed by atoms with Gasteiger partial charge in [-0.3, -0.25) is 9.59 Å². The summed E-state index contributed by atoms with van der Waals surface area (Å²) in [5.41, 5.74) is 1.11. The number of carbonyl (C=O) groups excluding carboxylic acids is 2. The maximum absolute atomic E-state index is 11.9. The van der Waals surface area contributed by atoms with Crippen molar-refractivity contribution < 1.29 is 19.1 Å². The van der Waals surface area contributed by atoms with Crippen molar-refractivity contribution in [2.75, 3.05) is 12.9 Å². The number of halogens is 1. The number of hydrogen-bond acceptors (Lipinski definition) is 7. The summed E-state index contributed by atoms with van der Waals surface area (Å²) < 4.78 is 12.0. The minimum Gasteiger partial charge on any atom is -0.490 e. The normalized spacial score (nSPS) is 15.7. The highest BCUT2D eigenvalue weighted by Crippen LogP contribution is 2.38. The third-order valence-corrected chi connectivity index (χ3v) is 5.10. The number of hydrogen-bond donors (Lipinski definition) is 0. The molecule has 0 amide bonds. The van der Waals surface area contributed by atoms with E-state index in [4.69, 9.17) is 9.47 Å². The molecule has 1 heterocycles. The van der Waals surface area contributed by atoms with Crippen LogP contribution in [0.4, 0.5) is 0 Å². The molecule has 0 unspecified atom stereocenters. The molecule has 0 fully saturated rings. The second kappa shape index (κ2) is 8.03. The molecule has 0 saturated carbocycles. The zero-order valence-electron chi connectivity index (χ0n) is 12.7. The second-order valence-electron chi connectivity index (χ2n) is 4.36. The van der Waals surface area contributed by atoms with Crippen LogP contribution in [-0.4, -0.2) is 28.3 Å². The Balaban J connectivity index is 2.43. The van der Waals surface area contributed by atoms with Crippen LogP contribution in [-0.2, 0) is 9.59 Å². The summed E-state index contributed by atoms with van der Waals surface area (Å²) >= 11 is 5.92. The fourth-order valence-electron chi connectivity index (χ4n) is 1.81. The predicted molar refractivity (Wildman–Crippen MR) is 98.1 cm³/mol. The summed E-state index contributed by atoms with van der Waals surface area (Å²) in [4.78, 5) is 27.4. The van der Waals surface area contributed by atoms with Gasteiger partial charge in [-0.15, -0.1) is 11.8 Å². The zero-order valence-corrected chi connectivity index (χ0v) is 15.9. The number of carbonyl (C=O) groups is 2. The van der Waals surface area contributed by atoms with E-state index in [0.29, 0.717) is 28.3 Å². The predicted octanol–water partition coefficient (Wildman–Crippen LogP) is 4.11. The lowest BCUT2D eigenvalue weighted by molar-refractivity contribution is -0.132. The van der Waals surface area contributed by atoms with Crippen LogP contribution in [0.15, 0.2) is 27.3 Å². The molecule has 0 spiro atoms. The van der Waals surface area contributed by atoms with Gasteiger partial charge in [-0.1, -0.05) is 0 Å². The number of esters is 1. The Morgan fingerprint density at radius 1 is 1.48 bits per heavy atom. The van der Waals surface area contributed by atoms with E-state index < -0.39 is 5.97 Å². The molecular formula is C15H14BrNO4S2. The molecular weight excluding hydrogens is 402 g/mol. The van der Waals surface area contributed by atoms with Gasteiger partial charge in [-0.2, -0.15) is 0 Å². The zero-order chi connectivity index (χ0) is 17.0. The van der Waals surface area contributed by atoms with Crippen LogP contribution in [0.25, 0.3) is 6.08 Å². The van der Waals surface area contributed by atoms with Gasteiger partial charge in [0.2, 0.25) is 5.12 Å². The molecule has 0 radical (unpaired) electrons. The Bertz CT molecular complexity index is 716. The minimum absolute atomic E-state index is 0.0903. The molecule has 0 N–H and O–H groups in total. The number of aliphatic imine (C=N–C) groups is 1. The van der Waals surface area contributed by atoms with Gasteiger partial charge in [0.25, 0.3) is 0 Å². The summed E-state index contributed by atoms with van der Waals surface area (Å²) in [5.74, 6) is 0.312. The number of thioether (sulfide) groups is 2. The highest BCUT2D eigenvalue weighted by atomic mass is 79.9. The van der Waals surface area contributed by atoms with E-state index in [0.717, 1.165) is 21.7 Å². The molecule has 8 heteroatoms. The molecule has 122 valence electrons. The first-order valence-electron chi connectivity index (χ1n) is 6.66. The lowest BCUT2D eigenvalue weighted by Crippen LogP contribution is -2.05. The van der Waals surface area contributed by atoms with Crippen molar-refractivity contribution in [3.8, 4) is 11.5 Å². The Hall–Kier alpha value is -1.25. The number of rotatable bonds is 4. The van der Waals surface area contributed by atoms with Gasteiger partial charge in [0.15, 0.2) is 11.5 Å². The van der Waals surface area contributed by atoms with Gasteiger partial charge in [0, 0.05) is 6.92 Å². The van der Waals surface area contributed by atoms with Gasteiger partial charge >= 0.3 is 5.97 Å². The molecule has 5 nitrogen and oxygen atoms in total. The van der Waals surface area contributed by atoms with E-state index >= 15 is 0 Å². The van der Waals surface area contributed by atoms with E-state index in [-0.39, 0.29) is 5.12 Å². The summed E-state index contributed by atoms with van der Waals surface area (Å²) in [5, 5.41) is -0.0903. The maximum Gasteiger partial charge on any atom is 0.308 e. The van der Waals surface area contributed by atoms with Crippen LogP contribution in [0.2, 0.25) is 0 Å². The van der Waals surface area contributed by atoms with Crippen LogP contribution in [0, 0.1) is 0 Å². The molecule has 0 bridgehead atoms. The summed E-state index contributed by atoms with van der Waals surface area (Å²) in [6.45, 7) is 3.58. The first kappa shape index (κ1) is 18.1.